The number of ether oxygens (including phenoxy) is 1. The first-order valence-corrected chi connectivity index (χ1v) is 13.7. The maximum absolute atomic E-state index is 12.3. The molecule has 3 heterocycles. The third kappa shape index (κ3) is 5.12. The van der Waals surface area contributed by atoms with Gasteiger partial charge in [0.2, 0.25) is 11.9 Å². The highest BCUT2D eigenvalue weighted by molar-refractivity contribution is 5.89. The van der Waals surface area contributed by atoms with Crippen LogP contribution in [0.5, 0.6) is 0 Å². The van der Waals surface area contributed by atoms with Gasteiger partial charge in [-0.2, -0.15) is 4.98 Å². The van der Waals surface area contributed by atoms with Gasteiger partial charge in [0.1, 0.15) is 12.4 Å². The van der Waals surface area contributed by atoms with E-state index in [-0.39, 0.29) is 30.2 Å². The lowest BCUT2D eigenvalue weighted by molar-refractivity contribution is -0.128. The Morgan fingerprint density at radius 3 is 2.50 bits per heavy atom. The first-order chi connectivity index (χ1) is 18.3. The number of piperazine rings is 1. The number of benzene rings is 1. The molecule has 1 aromatic carbocycles. The fourth-order valence-electron chi connectivity index (χ4n) is 5.59. The van der Waals surface area contributed by atoms with E-state index in [1.54, 1.807) is 11.1 Å². The summed E-state index contributed by atoms with van der Waals surface area (Å²) in [5.41, 5.74) is 3.15. The van der Waals surface area contributed by atoms with E-state index in [0.717, 1.165) is 57.4 Å². The minimum absolute atomic E-state index is 0.0167. The Hall–Kier alpha value is -3.46. The third-order valence-corrected chi connectivity index (χ3v) is 7.89. The number of fused-ring (bicyclic) bond motifs is 1. The fourth-order valence-corrected chi connectivity index (χ4v) is 5.59. The molecule has 1 atom stereocenters. The van der Waals surface area contributed by atoms with E-state index in [4.69, 9.17) is 9.72 Å². The van der Waals surface area contributed by atoms with Crippen LogP contribution in [0.1, 0.15) is 69.2 Å². The Morgan fingerprint density at radius 2 is 1.89 bits per heavy atom. The molecule has 9 heteroatoms. The fraction of sp³-hybridized carbons (Fsp3) is 0.517. The molecule has 0 radical (unpaired) electrons. The van der Waals surface area contributed by atoms with Crippen LogP contribution in [0.25, 0.3) is 0 Å². The smallest absolute Gasteiger partial charge is 0.416 e. The van der Waals surface area contributed by atoms with Crippen LogP contribution in [-0.4, -0.2) is 64.0 Å². The van der Waals surface area contributed by atoms with Crippen molar-refractivity contribution in [3.8, 4) is 0 Å². The van der Waals surface area contributed by atoms with Crippen LogP contribution in [0.3, 0.4) is 0 Å². The van der Waals surface area contributed by atoms with Gasteiger partial charge in [0.15, 0.2) is 0 Å². The normalized spacial score (nSPS) is 19.5. The van der Waals surface area contributed by atoms with Gasteiger partial charge in [0.05, 0.1) is 11.1 Å². The lowest BCUT2D eigenvalue weighted by atomic mass is 9.96. The summed E-state index contributed by atoms with van der Waals surface area (Å²) in [7, 11) is 0. The largest absolute Gasteiger partial charge is 0.444 e. The number of cyclic esters (lactones) is 1. The number of hydrogen-bond donors (Lipinski definition) is 1. The van der Waals surface area contributed by atoms with Crippen molar-refractivity contribution in [3.05, 3.63) is 59.8 Å². The number of carbonyl (C=O) groups is 2. The molecule has 0 spiro atoms. The number of carbonyl (C=O) groups excluding carboxylic acids is 2. The standard InChI is InChI=1S/C29H38N6O3/c1-5-7-24(33-14-16-34(17-15-33)25(36)6-2)21-8-10-23(11-9-21)29(12-13-29)32-27-30-18-22-19-38-28(37)35(20(3)4)26(22)31-27/h6,8-11,18,20,24H,2,5,7,12-17,19H2,1,3-4H3,(H,30,31,32). The summed E-state index contributed by atoms with van der Waals surface area (Å²) in [6, 6.07) is 9.24. The Bertz CT molecular complexity index is 1190. The van der Waals surface area contributed by atoms with Gasteiger partial charge in [-0.15, -0.1) is 0 Å². The minimum atomic E-state index is -0.371. The summed E-state index contributed by atoms with van der Waals surface area (Å²) >= 11 is 0. The van der Waals surface area contributed by atoms with Gasteiger partial charge in [0.25, 0.3) is 0 Å². The van der Waals surface area contributed by atoms with Crippen LogP contribution in [-0.2, 0) is 21.7 Å². The zero-order valence-electron chi connectivity index (χ0n) is 22.7. The minimum Gasteiger partial charge on any atom is -0.444 e. The zero-order valence-corrected chi connectivity index (χ0v) is 22.7. The Kier molecular flexibility index (Phi) is 7.38. The van der Waals surface area contributed by atoms with Crippen molar-refractivity contribution in [2.75, 3.05) is 36.4 Å². The average molecular weight is 519 g/mol. The van der Waals surface area contributed by atoms with E-state index in [1.165, 1.54) is 17.2 Å². The molecule has 0 bridgehead atoms. The Balaban J connectivity index is 1.30. The number of aromatic nitrogens is 2. The van der Waals surface area contributed by atoms with Crippen LogP contribution >= 0.6 is 0 Å². The van der Waals surface area contributed by atoms with Gasteiger partial charge in [-0.1, -0.05) is 44.2 Å². The van der Waals surface area contributed by atoms with Gasteiger partial charge in [0, 0.05) is 44.5 Å². The second-order valence-corrected chi connectivity index (χ2v) is 10.8. The predicted octanol–water partition coefficient (Wildman–Crippen LogP) is 4.61. The highest BCUT2D eigenvalue weighted by Gasteiger charge is 2.45. The van der Waals surface area contributed by atoms with E-state index in [0.29, 0.717) is 17.8 Å². The van der Waals surface area contributed by atoms with Crippen molar-refractivity contribution < 1.29 is 14.3 Å². The highest BCUT2D eigenvalue weighted by Crippen LogP contribution is 2.48. The average Bonchev–Trinajstić information content (AvgIpc) is 3.71. The number of amides is 2. The van der Waals surface area contributed by atoms with Crippen LogP contribution in [0.4, 0.5) is 16.6 Å². The van der Waals surface area contributed by atoms with Gasteiger partial charge in [-0.25, -0.2) is 9.78 Å². The topological polar surface area (TPSA) is 90.9 Å². The molecule has 5 rings (SSSR count). The second-order valence-electron chi connectivity index (χ2n) is 10.8. The number of nitrogens with one attached hydrogen (secondary N) is 1. The molecule has 1 aliphatic carbocycles. The zero-order chi connectivity index (χ0) is 26.9. The summed E-state index contributed by atoms with van der Waals surface area (Å²) in [5.74, 6) is 1.17. The van der Waals surface area contributed by atoms with Gasteiger partial charge >= 0.3 is 6.09 Å². The summed E-state index contributed by atoms with van der Waals surface area (Å²) in [6.07, 6.45) is 6.97. The molecule has 1 saturated carbocycles. The molecule has 2 aromatic rings. The third-order valence-electron chi connectivity index (χ3n) is 7.89. The Morgan fingerprint density at radius 1 is 1.18 bits per heavy atom. The van der Waals surface area contributed by atoms with E-state index in [2.05, 4.69) is 53.0 Å². The molecule has 9 nitrogen and oxygen atoms in total. The first-order valence-electron chi connectivity index (χ1n) is 13.7. The molecule has 38 heavy (non-hydrogen) atoms. The molecule has 2 aliphatic heterocycles. The number of rotatable bonds is 9. The van der Waals surface area contributed by atoms with Gasteiger partial charge in [-0.05, 0) is 50.3 Å². The summed E-state index contributed by atoms with van der Waals surface area (Å²) in [6.45, 7) is 13.1. The van der Waals surface area contributed by atoms with Crippen molar-refractivity contribution in [3.63, 3.8) is 0 Å². The van der Waals surface area contributed by atoms with Crippen LogP contribution in [0.2, 0.25) is 0 Å². The van der Waals surface area contributed by atoms with Crippen molar-refractivity contribution in [2.24, 2.45) is 0 Å². The predicted molar refractivity (Wildman–Crippen MR) is 147 cm³/mol. The van der Waals surface area contributed by atoms with E-state index in [9.17, 15) is 9.59 Å². The summed E-state index contributed by atoms with van der Waals surface area (Å²) < 4.78 is 5.27. The monoisotopic (exact) mass is 518 g/mol. The quantitative estimate of drug-likeness (QED) is 0.485. The van der Waals surface area contributed by atoms with Crippen molar-refractivity contribution >= 4 is 23.8 Å². The van der Waals surface area contributed by atoms with Crippen LogP contribution in [0, 0.1) is 0 Å². The molecular weight excluding hydrogens is 480 g/mol. The summed E-state index contributed by atoms with van der Waals surface area (Å²) in [5, 5.41) is 3.57. The molecule has 1 unspecified atom stereocenters. The lowest BCUT2D eigenvalue weighted by Crippen LogP contribution is -2.49. The van der Waals surface area contributed by atoms with Crippen LogP contribution < -0.4 is 10.2 Å². The van der Waals surface area contributed by atoms with E-state index in [1.807, 2.05) is 18.7 Å². The van der Waals surface area contributed by atoms with Crippen LogP contribution in [0.15, 0.2) is 43.1 Å². The molecule has 2 amide bonds. The van der Waals surface area contributed by atoms with Gasteiger partial charge < -0.3 is 15.0 Å². The summed E-state index contributed by atoms with van der Waals surface area (Å²) in [4.78, 5) is 39.6. The number of anilines is 2. The Labute approximate surface area is 224 Å². The maximum Gasteiger partial charge on any atom is 0.416 e. The van der Waals surface area contributed by atoms with Gasteiger partial charge in [-0.3, -0.25) is 14.6 Å². The van der Waals surface area contributed by atoms with Crippen molar-refractivity contribution in [1.29, 1.82) is 0 Å². The maximum atomic E-state index is 12.3. The molecule has 1 aromatic heterocycles. The van der Waals surface area contributed by atoms with Crippen molar-refractivity contribution in [2.45, 2.75) is 70.7 Å². The SMILES string of the molecule is C=CC(=O)N1CCN(C(CCC)c2ccc(C3(Nc4ncc5c(n4)N(C(C)C)C(=O)OC5)CC3)cc2)CC1. The molecule has 202 valence electrons. The first kappa shape index (κ1) is 26.2. The number of hydrogen-bond acceptors (Lipinski definition) is 7. The molecular formula is C29H38N6O3. The molecule has 1 saturated heterocycles. The highest BCUT2D eigenvalue weighted by atomic mass is 16.6. The van der Waals surface area contributed by atoms with E-state index < -0.39 is 0 Å². The van der Waals surface area contributed by atoms with E-state index >= 15 is 0 Å². The van der Waals surface area contributed by atoms with Crippen molar-refractivity contribution in [1.82, 2.24) is 19.8 Å². The lowest BCUT2D eigenvalue weighted by Gasteiger charge is -2.39. The second kappa shape index (κ2) is 10.7. The molecule has 3 aliphatic rings. The number of nitrogens with zero attached hydrogens (tertiary/aromatic N) is 5. The molecule has 1 N–H and O–H groups in total. The molecule has 2 fully saturated rings.